The molecule has 3 N–H and O–H groups in total. The monoisotopic (exact) mass is 283 g/mol. The zero-order valence-corrected chi connectivity index (χ0v) is 12.7. The summed E-state index contributed by atoms with van der Waals surface area (Å²) in [5.41, 5.74) is 7.15. The van der Waals surface area contributed by atoms with Gasteiger partial charge in [-0.2, -0.15) is 0 Å². The zero-order chi connectivity index (χ0) is 13.8. The average Bonchev–Trinajstić information content (AvgIpc) is 2.73. The summed E-state index contributed by atoms with van der Waals surface area (Å²) in [6, 6.07) is 0. The highest BCUT2D eigenvalue weighted by Crippen LogP contribution is 2.34. The standard InChI is InChI=1S/C14H25N3OS/c1-10-11(2)19-14(16-10)13(9-15)12-3-5-17(6-4-12)7-8-18/h12-13,18H,3-9,15H2,1-2H3. The first-order valence-corrected chi connectivity index (χ1v) is 7.94. The topological polar surface area (TPSA) is 62.4 Å². The molecule has 1 saturated heterocycles. The van der Waals surface area contributed by atoms with Crippen molar-refractivity contribution < 1.29 is 5.11 Å². The molecule has 19 heavy (non-hydrogen) atoms. The van der Waals surface area contributed by atoms with Gasteiger partial charge in [-0.3, -0.25) is 0 Å². The predicted octanol–water partition coefficient (Wildman–Crippen LogP) is 1.51. The lowest BCUT2D eigenvalue weighted by atomic mass is 9.84. The average molecular weight is 283 g/mol. The van der Waals surface area contributed by atoms with Gasteiger partial charge in [0.2, 0.25) is 0 Å². The van der Waals surface area contributed by atoms with Gasteiger partial charge in [-0.05, 0) is 45.7 Å². The summed E-state index contributed by atoms with van der Waals surface area (Å²) < 4.78 is 0. The Kier molecular flexibility index (Phi) is 5.33. The van der Waals surface area contributed by atoms with Crippen molar-refractivity contribution in [3.05, 3.63) is 15.6 Å². The summed E-state index contributed by atoms with van der Waals surface area (Å²) in [5.74, 6) is 1.05. The molecule has 0 radical (unpaired) electrons. The fraction of sp³-hybridized carbons (Fsp3) is 0.786. The van der Waals surface area contributed by atoms with Gasteiger partial charge < -0.3 is 15.7 Å². The molecule has 2 rings (SSSR count). The third kappa shape index (κ3) is 3.54. The van der Waals surface area contributed by atoms with E-state index in [1.165, 1.54) is 22.7 Å². The second-order valence-corrected chi connectivity index (χ2v) is 6.67. The van der Waals surface area contributed by atoms with Crippen LogP contribution in [0.25, 0.3) is 0 Å². The molecule has 0 saturated carbocycles. The molecule has 108 valence electrons. The third-order valence-corrected chi connectivity index (χ3v) is 5.44. The highest BCUT2D eigenvalue weighted by atomic mass is 32.1. The first-order chi connectivity index (χ1) is 9.15. The molecule has 2 heterocycles. The maximum absolute atomic E-state index is 8.98. The number of thiazole rings is 1. The van der Waals surface area contributed by atoms with Crippen LogP contribution in [-0.4, -0.2) is 47.8 Å². The highest BCUT2D eigenvalue weighted by molar-refractivity contribution is 7.11. The molecule has 1 aliphatic rings. The number of aliphatic hydroxyl groups excluding tert-OH is 1. The quantitative estimate of drug-likeness (QED) is 0.860. The number of aromatic nitrogens is 1. The van der Waals surface area contributed by atoms with E-state index in [4.69, 9.17) is 15.8 Å². The molecular weight excluding hydrogens is 258 g/mol. The summed E-state index contributed by atoms with van der Waals surface area (Å²) in [5, 5.41) is 10.2. The van der Waals surface area contributed by atoms with Crippen molar-refractivity contribution in [2.75, 3.05) is 32.8 Å². The number of piperidine rings is 1. The molecule has 1 aromatic heterocycles. The second-order valence-electron chi connectivity index (χ2n) is 5.44. The van der Waals surface area contributed by atoms with E-state index in [0.717, 1.165) is 25.3 Å². The van der Waals surface area contributed by atoms with E-state index in [0.29, 0.717) is 18.4 Å². The van der Waals surface area contributed by atoms with Gasteiger partial charge in [-0.15, -0.1) is 11.3 Å². The molecule has 1 fully saturated rings. The second kappa shape index (κ2) is 6.79. The highest BCUT2D eigenvalue weighted by Gasteiger charge is 2.28. The van der Waals surface area contributed by atoms with Gasteiger partial charge >= 0.3 is 0 Å². The van der Waals surface area contributed by atoms with Crippen molar-refractivity contribution in [3.8, 4) is 0 Å². The number of hydrogen-bond acceptors (Lipinski definition) is 5. The molecule has 1 aliphatic heterocycles. The van der Waals surface area contributed by atoms with E-state index in [9.17, 15) is 0 Å². The van der Waals surface area contributed by atoms with Crippen LogP contribution in [0.15, 0.2) is 0 Å². The van der Waals surface area contributed by atoms with Crippen molar-refractivity contribution >= 4 is 11.3 Å². The fourth-order valence-corrected chi connectivity index (χ4v) is 4.00. The minimum Gasteiger partial charge on any atom is -0.395 e. The van der Waals surface area contributed by atoms with E-state index in [1.807, 2.05) is 11.3 Å². The van der Waals surface area contributed by atoms with Gasteiger partial charge in [0.15, 0.2) is 0 Å². The molecular formula is C14H25N3OS. The fourth-order valence-electron chi connectivity index (χ4n) is 2.87. The Bertz CT molecular complexity index is 380. The summed E-state index contributed by atoms with van der Waals surface area (Å²) >= 11 is 1.81. The summed E-state index contributed by atoms with van der Waals surface area (Å²) in [6.07, 6.45) is 2.33. The SMILES string of the molecule is Cc1nc(C(CN)C2CCN(CCO)CC2)sc1C. The van der Waals surface area contributed by atoms with Crippen molar-refractivity contribution in [3.63, 3.8) is 0 Å². The van der Waals surface area contributed by atoms with E-state index < -0.39 is 0 Å². The van der Waals surface area contributed by atoms with Crippen LogP contribution in [0.3, 0.4) is 0 Å². The van der Waals surface area contributed by atoms with Gasteiger partial charge in [0.05, 0.1) is 17.3 Å². The van der Waals surface area contributed by atoms with Crippen LogP contribution in [0.5, 0.6) is 0 Å². The molecule has 0 bridgehead atoms. The summed E-state index contributed by atoms with van der Waals surface area (Å²) in [4.78, 5) is 8.34. The third-order valence-electron chi connectivity index (χ3n) is 4.23. The van der Waals surface area contributed by atoms with Crippen LogP contribution in [0.4, 0.5) is 0 Å². The van der Waals surface area contributed by atoms with Crippen LogP contribution in [0.2, 0.25) is 0 Å². The Balaban J connectivity index is 1.99. The maximum Gasteiger partial charge on any atom is 0.0977 e. The van der Waals surface area contributed by atoms with Crippen LogP contribution in [-0.2, 0) is 0 Å². The lowest BCUT2D eigenvalue weighted by Gasteiger charge is -2.34. The Hall–Kier alpha value is -0.490. The van der Waals surface area contributed by atoms with Gasteiger partial charge in [0.25, 0.3) is 0 Å². The van der Waals surface area contributed by atoms with E-state index in [1.54, 1.807) is 0 Å². The zero-order valence-electron chi connectivity index (χ0n) is 11.9. The van der Waals surface area contributed by atoms with Crippen LogP contribution < -0.4 is 5.73 Å². The van der Waals surface area contributed by atoms with Crippen LogP contribution in [0.1, 0.15) is 34.3 Å². The van der Waals surface area contributed by atoms with Crippen LogP contribution in [0, 0.1) is 19.8 Å². The summed E-state index contributed by atoms with van der Waals surface area (Å²) in [7, 11) is 0. The molecule has 4 nitrogen and oxygen atoms in total. The van der Waals surface area contributed by atoms with E-state index >= 15 is 0 Å². The Morgan fingerprint density at radius 2 is 2.11 bits per heavy atom. The number of aliphatic hydroxyl groups is 1. The van der Waals surface area contributed by atoms with Gasteiger partial charge in [-0.25, -0.2) is 4.98 Å². The maximum atomic E-state index is 8.98. The Morgan fingerprint density at radius 1 is 1.42 bits per heavy atom. The lowest BCUT2D eigenvalue weighted by Crippen LogP contribution is -2.38. The van der Waals surface area contributed by atoms with Crippen molar-refractivity contribution in [1.29, 1.82) is 0 Å². The van der Waals surface area contributed by atoms with Gasteiger partial charge in [0.1, 0.15) is 0 Å². The first-order valence-electron chi connectivity index (χ1n) is 7.13. The van der Waals surface area contributed by atoms with E-state index in [2.05, 4.69) is 18.7 Å². The number of nitrogens with two attached hydrogens (primary N) is 1. The minimum atomic E-state index is 0.260. The molecule has 0 spiro atoms. The lowest BCUT2D eigenvalue weighted by molar-refractivity contribution is 0.138. The van der Waals surface area contributed by atoms with Crippen molar-refractivity contribution in [1.82, 2.24) is 9.88 Å². The first kappa shape index (κ1) is 14.9. The molecule has 0 aliphatic carbocycles. The smallest absolute Gasteiger partial charge is 0.0977 e. The van der Waals surface area contributed by atoms with Crippen molar-refractivity contribution in [2.24, 2.45) is 11.7 Å². The number of nitrogens with zero attached hydrogens (tertiary/aromatic N) is 2. The van der Waals surface area contributed by atoms with E-state index in [-0.39, 0.29) is 6.61 Å². The molecule has 5 heteroatoms. The van der Waals surface area contributed by atoms with Gasteiger partial charge in [-0.1, -0.05) is 0 Å². The van der Waals surface area contributed by atoms with Crippen LogP contribution >= 0.6 is 11.3 Å². The normalized spacial score (nSPS) is 19.8. The Morgan fingerprint density at radius 3 is 2.58 bits per heavy atom. The molecule has 1 unspecified atom stereocenters. The Labute approximate surface area is 119 Å². The molecule has 1 atom stereocenters. The van der Waals surface area contributed by atoms with Gasteiger partial charge in [0, 0.05) is 23.9 Å². The summed E-state index contributed by atoms with van der Waals surface area (Å²) in [6.45, 7) is 8.11. The largest absolute Gasteiger partial charge is 0.395 e. The number of rotatable bonds is 5. The predicted molar refractivity (Wildman–Crippen MR) is 79.6 cm³/mol. The number of hydrogen-bond donors (Lipinski definition) is 2. The molecule has 0 amide bonds. The van der Waals surface area contributed by atoms with Crippen molar-refractivity contribution in [2.45, 2.75) is 32.6 Å². The number of β-amino-alcohol motifs (C(OH)–C–C–N with tert-alkyl or cyclic N) is 1. The molecule has 0 aromatic carbocycles. The molecule has 1 aromatic rings. The number of aryl methyl sites for hydroxylation is 2. The minimum absolute atomic E-state index is 0.260. The number of likely N-dealkylation sites (tertiary alicyclic amines) is 1.